The van der Waals surface area contributed by atoms with Crippen molar-refractivity contribution in [2.45, 2.75) is 40.3 Å². The normalized spacial score (nSPS) is 21.4. The largest absolute Gasteiger partial charge is 0.359 e. The fraction of sp³-hybridized carbons (Fsp3) is 0.500. The van der Waals surface area contributed by atoms with Crippen molar-refractivity contribution in [3.63, 3.8) is 0 Å². The highest BCUT2D eigenvalue weighted by atomic mass is 15.2. The summed E-state index contributed by atoms with van der Waals surface area (Å²) < 4.78 is 0. The molecule has 0 aliphatic heterocycles. The lowest BCUT2D eigenvalue weighted by Gasteiger charge is -2.26. The van der Waals surface area contributed by atoms with E-state index in [1.807, 2.05) is 38.8 Å². The van der Waals surface area contributed by atoms with Gasteiger partial charge >= 0.3 is 0 Å². The van der Waals surface area contributed by atoms with E-state index in [-0.39, 0.29) is 6.17 Å². The van der Waals surface area contributed by atoms with Crippen molar-refractivity contribution in [3.05, 3.63) is 41.3 Å². The smallest absolute Gasteiger partial charge is 0.0739 e. The highest BCUT2D eigenvalue weighted by molar-refractivity contribution is 5.32. The Hall–Kier alpha value is -1.24. The Balaban J connectivity index is 0.00000106. The van der Waals surface area contributed by atoms with Gasteiger partial charge in [-0.15, -0.1) is 5.73 Å². The molecule has 2 nitrogen and oxygen atoms in total. The van der Waals surface area contributed by atoms with Gasteiger partial charge in [0.05, 0.1) is 6.17 Å². The van der Waals surface area contributed by atoms with Crippen LogP contribution in [0.15, 0.2) is 41.3 Å². The first kappa shape index (κ1) is 14.8. The Morgan fingerprint density at radius 3 is 2.62 bits per heavy atom. The third-order valence-corrected chi connectivity index (χ3v) is 2.34. The zero-order chi connectivity index (χ0) is 12.6. The minimum atomic E-state index is 0.0193. The Morgan fingerprint density at radius 1 is 1.44 bits per heavy atom. The lowest BCUT2D eigenvalue weighted by molar-refractivity contribution is 0.336. The Kier molecular flexibility index (Phi) is 7.36. The monoisotopic (exact) mass is 220 g/mol. The summed E-state index contributed by atoms with van der Waals surface area (Å²) in [4.78, 5) is 2.05. The van der Waals surface area contributed by atoms with Gasteiger partial charge in [-0.05, 0) is 32.4 Å². The molecule has 2 heteroatoms. The van der Waals surface area contributed by atoms with Crippen LogP contribution in [0.2, 0.25) is 0 Å². The fourth-order valence-electron chi connectivity index (χ4n) is 1.32. The van der Waals surface area contributed by atoms with Crippen LogP contribution in [0.4, 0.5) is 0 Å². The van der Waals surface area contributed by atoms with E-state index in [1.165, 1.54) is 0 Å². The van der Waals surface area contributed by atoms with Gasteiger partial charge in [0.2, 0.25) is 0 Å². The van der Waals surface area contributed by atoms with Crippen LogP contribution in [0, 0.1) is 0 Å². The van der Waals surface area contributed by atoms with Gasteiger partial charge < -0.3 is 10.6 Å². The highest BCUT2D eigenvalue weighted by Gasteiger charge is 2.09. The van der Waals surface area contributed by atoms with Gasteiger partial charge in [0.15, 0.2) is 0 Å². The van der Waals surface area contributed by atoms with Gasteiger partial charge in [-0.3, -0.25) is 0 Å². The molecule has 16 heavy (non-hydrogen) atoms. The summed E-state index contributed by atoms with van der Waals surface area (Å²) in [6.07, 6.45) is 9.25. The Bertz CT molecular complexity index is 316. The van der Waals surface area contributed by atoms with Crippen LogP contribution < -0.4 is 5.73 Å². The van der Waals surface area contributed by atoms with Crippen LogP contribution in [-0.4, -0.2) is 18.1 Å². The number of hydrogen-bond acceptors (Lipinski definition) is 2. The molecule has 0 spiro atoms. The molecule has 0 heterocycles. The number of allylic oxidation sites excluding steroid dienone is 4. The molecule has 1 aliphatic carbocycles. The molecular weight excluding hydrogens is 196 g/mol. The van der Waals surface area contributed by atoms with E-state index < -0.39 is 0 Å². The average Bonchev–Trinajstić information content (AvgIpc) is 2.26. The molecule has 0 aromatic heterocycles. The second-order valence-electron chi connectivity index (χ2n) is 3.54. The van der Waals surface area contributed by atoms with Gasteiger partial charge in [-0.1, -0.05) is 26.0 Å². The van der Waals surface area contributed by atoms with Crippen molar-refractivity contribution in [1.82, 2.24) is 4.90 Å². The third kappa shape index (κ3) is 4.52. The van der Waals surface area contributed by atoms with Crippen molar-refractivity contribution in [1.29, 1.82) is 0 Å². The number of hydrogen-bond donors (Lipinski definition) is 1. The molecule has 1 unspecified atom stereocenters. The van der Waals surface area contributed by atoms with E-state index in [0.717, 1.165) is 17.7 Å². The van der Waals surface area contributed by atoms with Crippen molar-refractivity contribution in [2.24, 2.45) is 5.73 Å². The molecule has 0 amide bonds. The molecule has 0 saturated heterocycles. The van der Waals surface area contributed by atoms with Crippen molar-refractivity contribution in [3.8, 4) is 0 Å². The van der Waals surface area contributed by atoms with E-state index in [9.17, 15) is 0 Å². The maximum atomic E-state index is 5.83. The molecule has 2 N–H and O–H groups in total. The molecule has 1 atom stereocenters. The van der Waals surface area contributed by atoms with Crippen molar-refractivity contribution < 1.29 is 0 Å². The van der Waals surface area contributed by atoms with E-state index >= 15 is 0 Å². The molecular formula is C14H24N2. The first-order chi connectivity index (χ1) is 7.63. The van der Waals surface area contributed by atoms with E-state index in [1.54, 1.807) is 0 Å². The van der Waals surface area contributed by atoms with Gasteiger partial charge in [0.25, 0.3) is 0 Å². The molecule has 1 rings (SSSR count). The van der Waals surface area contributed by atoms with Gasteiger partial charge in [0, 0.05) is 18.3 Å². The van der Waals surface area contributed by atoms with Gasteiger partial charge in [-0.25, -0.2) is 0 Å². The summed E-state index contributed by atoms with van der Waals surface area (Å²) in [5.74, 6) is 0. The van der Waals surface area contributed by atoms with Crippen molar-refractivity contribution in [2.75, 3.05) is 7.05 Å². The third-order valence-electron chi connectivity index (χ3n) is 2.34. The Labute approximate surface area is 99.8 Å². The van der Waals surface area contributed by atoms with Crippen LogP contribution >= 0.6 is 0 Å². The van der Waals surface area contributed by atoms with E-state index in [2.05, 4.69) is 30.9 Å². The lowest BCUT2D eigenvalue weighted by Crippen LogP contribution is -2.35. The number of nitrogens with zero attached hydrogens (tertiary/aromatic N) is 1. The second-order valence-corrected chi connectivity index (χ2v) is 3.54. The molecule has 0 fully saturated rings. The highest BCUT2D eigenvalue weighted by Crippen LogP contribution is 2.15. The molecule has 0 saturated carbocycles. The summed E-state index contributed by atoms with van der Waals surface area (Å²) in [5.41, 5.74) is 11.3. The second kappa shape index (κ2) is 7.98. The molecule has 0 aromatic rings. The summed E-state index contributed by atoms with van der Waals surface area (Å²) in [6.45, 7) is 8.03. The summed E-state index contributed by atoms with van der Waals surface area (Å²) >= 11 is 0. The summed E-state index contributed by atoms with van der Waals surface area (Å²) in [6, 6.07) is 0. The van der Waals surface area contributed by atoms with Crippen LogP contribution in [0.3, 0.4) is 0 Å². The van der Waals surface area contributed by atoms with Crippen LogP contribution in [0.1, 0.15) is 34.1 Å². The van der Waals surface area contributed by atoms with E-state index in [4.69, 9.17) is 5.73 Å². The minimum Gasteiger partial charge on any atom is -0.359 e. The number of rotatable bonds is 2. The summed E-state index contributed by atoms with van der Waals surface area (Å²) in [7, 11) is 2.00. The SMILES string of the molecule is CC.CC1=C=CC/C=C\C=C/1N(C)C(C)N. The summed E-state index contributed by atoms with van der Waals surface area (Å²) in [5, 5.41) is 0. The average molecular weight is 220 g/mol. The Morgan fingerprint density at radius 2 is 2.06 bits per heavy atom. The molecule has 0 bridgehead atoms. The predicted molar refractivity (Wildman–Crippen MR) is 71.9 cm³/mol. The first-order valence-corrected chi connectivity index (χ1v) is 5.90. The predicted octanol–water partition coefficient (Wildman–Crippen LogP) is 3.19. The minimum absolute atomic E-state index is 0.0193. The van der Waals surface area contributed by atoms with Gasteiger partial charge in [0.1, 0.15) is 0 Å². The quantitative estimate of drug-likeness (QED) is 0.572. The van der Waals surface area contributed by atoms with Gasteiger partial charge in [-0.2, -0.15) is 0 Å². The zero-order valence-electron chi connectivity index (χ0n) is 11.1. The fourth-order valence-corrected chi connectivity index (χ4v) is 1.32. The number of likely N-dealkylation sites (N-methyl/N-ethyl adjacent to an activating group) is 1. The maximum Gasteiger partial charge on any atom is 0.0739 e. The first-order valence-electron chi connectivity index (χ1n) is 5.90. The van der Waals surface area contributed by atoms with Crippen LogP contribution in [0.5, 0.6) is 0 Å². The standard InChI is InChI=1S/C12H18N2.C2H6/c1-10-8-6-4-5-7-9-12(10)14(3)11(2)13;1-2/h5-7,9,11H,4,13H2,1-3H3;1-2H3/b7-5-,12-9+;. The topological polar surface area (TPSA) is 29.3 Å². The lowest BCUT2D eigenvalue weighted by atomic mass is 10.1. The zero-order valence-corrected chi connectivity index (χ0v) is 11.1. The van der Waals surface area contributed by atoms with E-state index in [0.29, 0.717) is 0 Å². The number of nitrogens with two attached hydrogens (primary N) is 1. The van der Waals surface area contributed by atoms with Crippen molar-refractivity contribution >= 4 is 0 Å². The molecule has 0 radical (unpaired) electrons. The molecule has 90 valence electrons. The molecule has 1 aliphatic rings. The van der Waals surface area contributed by atoms with Crippen LogP contribution in [0.25, 0.3) is 0 Å². The molecule has 0 aromatic carbocycles. The van der Waals surface area contributed by atoms with Crippen LogP contribution in [-0.2, 0) is 0 Å². The maximum absolute atomic E-state index is 5.83.